The first kappa shape index (κ1) is 27.8. The van der Waals surface area contributed by atoms with E-state index in [9.17, 15) is 39.6 Å². The summed E-state index contributed by atoms with van der Waals surface area (Å²) >= 11 is 0. The lowest BCUT2D eigenvalue weighted by Gasteiger charge is -2.70. The number of aryl methyl sites for hydroxylation is 1. The van der Waals surface area contributed by atoms with Crippen molar-refractivity contribution < 1.29 is 44.4 Å². The Morgan fingerprint density at radius 3 is 2.45 bits per heavy atom. The molecule has 3 N–H and O–H groups in total. The van der Waals surface area contributed by atoms with Crippen molar-refractivity contribution in [2.45, 2.75) is 54.4 Å². The number of aromatic amines is 1. The van der Waals surface area contributed by atoms with Gasteiger partial charge in [-0.3, -0.25) is 4.40 Å². The number of tetrazole rings is 1. The number of sulfonamides is 1. The zero-order valence-corrected chi connectivity index (χ0v) is 21.8. The number of anilines is 1. The number of H-pyrrole nitrogens is 1. The number of hydrogen-bond acceptors (Lipinski definition) is 10. The number of carbonyl (C=O) groups excluding carboxylic acids is 1. The highest BCUT2D eigenvalue weighted by atomic mass is 32.2. The van der Waals surface area contributed by atoms with E-state index in [2.05, 4.69) is 35.4 Å². The van der Waals surface area contributed by atoms with E-state index in [0.717, 1.165) is 22.7 Å². The van der Waals surface area contributed by atoms with Crippen LogP contribution in [0.2, 0.25) is 0 Å². The molecule has 2 bridgehead atoms. The second-order valence-electron chi connectivity index (χ2n) is 10.2. The Kier molecular flexibility index (Phi) is 5.69. The van der Waals surface area contributed by atoms with Gasteiger partial charge in [0.15, 0.2) is 23.0 Å². The predicted octanol–water partition coefficient (Wildman–Crippen LogP) is 2.70. The van der Waals surface area contributed by atoms with E-state index in [4.69, 9.17) is 5.73 Å². The minimum atomic E-state index is -5.51. The first-order valence-electron chi connectivity index (χ1n) is 11.9. The molecular formula is C22H17F6N9O4S. The molecule has 0 atom stereocenters. The van der Waals surface area contributed by atoms with Crippen LogP contribution in [0.5, 0.6) is 0 Å². The van der Waals surface area contributed by atoms with Crippen LogP contribution in [0.25, 0.3) is 16.9 Å². The Morgan fingerprint density at radius 2 is 1.86 bits per heavy atom. The number of benzene rings is 1. The standard InChI is InChI=1S/C22H17F6N9O4S/c1-10-2-3-11(4-12(10)13-5-30-16-15(29)31-14(6-36(13)16)21(23,24)25)42(39,40)37(41-18(38)22(26,27)28)20-7-19(8-20,9-20)17-32-34-35-33-17/h2-6H,7-9H2,1H3,(H2,29,31)(H,32,33,34,35). The highest BCUT2D eigenvalue weighted by molar-refractivity contribution is 7.89. The largest absolute Gasteiger partial charge is 0.492 e. The van der Waals surface area contributed by atoms with E-state index in [0.29, 0.717) is 17.6 Å². The van der Waals surface area contributed by atoms with E-state index < -0.39 is 55.7 Å². The van der Waals surface area contributed by atoms with Gasteiger partial charge in [0.1, 0.15) is 0 Å². The maximum absolute atomic E-state index is 13.8. The molecule has 3 fully saturated rings. The monoisotopic (exact) mass is 617 g/mol. The Hall–Kier alpha value is -4.33. The maximum Gasteiger partial charge on any atom is 0.492 e. The zero-order chi connectivity index (χ0) is 30.5. The highest BCUT2D eigenvalue weighted by Gasteiger charge is 2.76. The predicted molar refractivity (Wildman–Crippen MR) is 126 cm³/mol. The Morgan fingerprint density at radius 1 is 1.17 bits per heavy atom. The molecule has 20 heteroatoms. The van der Waals surface area contributed by atoms with Crippen LogP contribution in [0.15, 0.2) is 35.5 Å². The molecule has 3 aromatic heterocycles. The third kappa shape index (κ3) is 4.07. The van der Waals surface area contributed by atoms with Gasteiger partial charge < -0.3 is 10.6 Å². The molecule has 3 aliphatic rings. The fourth-order valence-corrected chi connectivity index (χ4v) is 7.14. The van der Waals surface area contributed by atoms with Gasteiger partial charge >= 0.3 is 18.3 Å². The number of fused-ring (bicyclic) bond motifs is 1. The number of aromatic nitrogens is 7. The van der Waals surface area contributed by atoms with Gasteiger partial charge in [-0.1, -0.05) is 6.07 Å². The number of alkyl halides is 6. The van der Waals surface area contributed by atoms with Crippen molar-refractivity contribution in [1.82, 2.24) is 39.5 Å². The summed E-state index contributed by atoms with van der Waals surface area (Å²) in [5.41, 5.74) is 2.37. The third-order valence-corrected chi connectivity index (χ3v) is 9.19. The molecule has 7 rings (SSSR count). The van der Waals surface area contributed by atoms with Gasteiger partial charge in [0.05, 0.1) is 22.3 Å². The van der Waals surface area contributed by atoms with Crippen molar-refractivity contribution in [3.05, 3.63) is 47.7 Å². The molecule has 4 aromatic rings. The number of rotatable bonds is 6. The molecule has 222 valence electrons. The summed E-state index contributed by atoms with van der Waals surface area (Å²) in [6.07, 6.45) is -8.73. The van der Waals surface area contributed by atoms with Crippen LogP contribution in [0.1, 0.15) is 36.3 Å². The molecule has 0 unspecified atom stereocenters. The second-order valence-corrected chi connectivity index (χ2v) is 12.0. The molecule has 0 radical (unpaired) electrons. The van der Waals surface area contributed by atoms with Crippen molar-refractivity contribution in [2.75, 3.05) is 5.73 Å². The number of hydrogen-bond donors (Lipinski definition) is 2. The number of hydroxylamine groups is 1. The average molecular weight is 617 g/mol. The van der Waals surface area contributed by atoms with E-state index in [-0.39, 0.29) is 40.6 Å². The Labute approximate surface area is 230 Å². The SMILES string of the molecule is Cc1ccc(S(=O)(=O)N(OC(=O)C(F)(F)F)C23CC(c4nnn[nH]4)(C2)C3)cc1-c1cnc2c(N)nc(C(F)(F)F)cn12. The number of nitrogens with one attached hydrogen (secondary N) is 1. The van der Waals surface area contributed by atoms with Gasteiger partial charge in [-0.05, 0) is 58.8 Å². The van der Waals surface area contributed by atoms with E-state index >= 15 is 0 Å². The summed E-state index contributed by atoms with van der Waals surface area (Å²) < 4.78 is 108. The summed E-state index contributed by atoms with van der Waals surface area (Å²) in [6.45, 7) is 1.53. The van der Waals surface area contributed by atoms with Crippen molar-refractivity contribution in [3.63, 3.8) is 0 Å². The third-order valence-electron chi connectivity index (χ3n) is 7.44. The molecule has 3 heterocycles. The lowest BCUT2D eigenvalue weighted by molar-refractivity contribution is -0.277. The van der Waals surface area contributed by atoms with Crippen LogP contribution in [0.3, 0.4) is 0 Å². The van der Waals surface area contributed by atoms with Crippen molar-refractivity contribution in [2.24, 2.45) is 0 Å². The minimum absolute atomic E-state index is 0.0136. The summed E-state index contributed by atoms with van der Waals surface area (Å²) in [5, 5.41) is 13.3. The smallest absolute Gasteiger partial charge is 0.381 e. The lowest BCUT2D eigenvalue weighted by Crippen LogP contribution is -2.77. The van der Waals surface area contributed by atoms with Crippen LogP contribution < -0.4 is 5.73 Å². The van der Waals surface area contributed by atoms with Gasteiger partial charge in [0.25, 0.3) is 10.0 Å². The van der Waals surface area contributed by atoms with Crippen LogP contribution in [-0.4, -0.2) is 65.6 Å². The summed E-state index contributed by atoms with van der Waals surface area (Å²) in [4.78, 5) is 23.1. The molecule has 13 nitrogen and oxygen atoms in total. The first-order valence-corrected chi connectivity index (χ1v) is 13.3. The highest BCUT2D eigenvalue weighted by Crippen LogP contribution is 2.70. The fraction of sp³-hybridized carbons (Fsp3) is 0.364. The van der Waals surface area contributed by atoms with Crippen molar-refractivity contribution >= 4 is 27.5 Å². The molecule has 3 saturated carbocycles. The van der Waals surface area contributed by atoms with Gasteiger partial charge in [0, 0.05) is 17.2 Å². The molecule has 1 aromatic carbocycles. The van der Waals surface area contributed by atoms with Crippen LogP contribution >= 0.6 is 0 Å². The van der Waals surface area contributed by atoms with Crippen molar-refractivity contribution in [3.8, 4) is 11.3 Å². The molecule has 0 aliphatic heterocycles. The zero-order valence-electron chi connectivity index (χ0n) is 21.0. The van der Waals surface area contributed by atoms with E-state index in [1.165, 1.54) is 13.0 Å². The van der Waals surface area contributed by atoms with Crippen molar-refractivity contribution in [1.29, 1.82) is 0 Å². The average Bonchev–Trinajstić information content (AvgIpc) is 3.51. The molecule has 0 saturated heterocycles. The van der Waals surface area contributed by atoms with Gasteiger partial charge in [0.2, 0.25) is 0 Å². The summed E-state index contributed by atoms with van der Waals surface area (Å²) in [7, 11) is -4.97. The van der Waals surface area contributed by atoms with Crippen LogP contribution in [0.4, 0.5) is 32.2 Å². The second kappa shape index (κ2) is 8.60. The Bertz CT molecular complexity index is 1830. The number of nitrogens with two attached hydrogens (primary N) is 1. The number of nitrogens with zero attached hydrogens (tertiary/aromatic N) is 7. The normalized spacial score (nSPS) is 22.2. The lowest BCUT2D eigenvalue weighted by atomic mass is 9.39. The molecular weight excluding hydrogens is 600 g/mol. The van der Waals surface area contributed by atoms with Gasteiger partial charge in [-0.25, -0.2) is 28.3 Å². The topological polar surface area (TPSA) is 174 Å². The van der Waals surface area contributed by atoms with E-state index in [1.54, 1.807) is 0 Å². The number of imidazole rings is 1. The number of nitrogen functional groups attached to an aromatic ring is 1. The van der Waals surface area contributed by atoms with Gasteiger partial charge in [-0.2, -0.15) is 26.3 Å². The minimum Gasteiger partial charge on any atom is -0.381 e. The summed E-state index contributed by atoms with van der Waals surface area (Å²) in [5.74, 6) is -2.98. The maximum atomic E-state index is 13.8. The van der Waals surface area contributed by atoms with Gasteiger partial charge in [-0.15, -0.1) is 5.10 Å². The number of halogens is 6. The van der Waals surface area contributed by atoms with E-state index in [1.807, 2.05) is 0 Å². The molecule has 0 spiro atoms. The molecule has 0 amide bonds. The first-order chi connectivity index (χ1) is 19.5. The molecule has 3 aliphatic carbocycles. The Balaban J connectivity index is 1.42. The van der Waals surface area contributed by atoms with Crippen LogP contribution in [-0.2, 0) is 31.2 Å². The number of carbonyl (C=O) groups is 1. The quantitative estimate of drug-likeness (QED) is 0.242. The molecule has 42 heavy (non-hydrogen) atoms. The fourth-order valence-electron chi connectivity index (χ4n) is 5.57. The van der Waals surface area contributed by atoms with Crippen LogP contribution in [0, 0.1) is 6.92 Å². The summed E-state index contributed by atoms with van der Waals surface area (Å²) in [6, 6.07) is 3.41.